The first-order valence-electron chi connectivity index (χ1n) is 12.5. The number of nitrogen functional groups attached to an aromatic ring is 4. The van der Waals surface area contributed by atoms with Crippen molar-refractivity contribution in [3.63, 3.8) is 0 Å². The van der Waals surface area contributed by atoms with Crippen LogP contribution in [0.1, 0.15) is 0 Å². The van der Waals surface area contributed by atoms with Crippen LogP contribution in [0.3, 0.4) is 0 Å². The quantitative estimate of drug-likeness (QED) is 0.135. The average Bonchev–Trinajstić information content (AvgIpc) is 3.42. The van der Waals surface area contributed by atoms with Crippen LogP contribution in [0.5, 0.6) is 11.5 Å². The van der Waals surface area contributed by atoms with Gasteiger partial charge in [0.1, 0.15) is 29.3 Å². The van der Waals surface area contributed by atoms with Crippen LogP contribution in [0.4, 0.5) is 46.0 Å². The van der Waals surface area contributed by atoms with Crippen LogP contribution in [-0.2, 0) is 0 Å². The van der Waals surface area contributed by atoms with Gasteiger partial charge in [0.25, 0.3) is 0 Å². The highest BCUT2D eigenvalue weighted by atomic mass is 16.3. The first-order chi connectivity index (χ1) is 20.3. The van der Waals surface area contributed by atoms with E-state index in [1.165, 1.54) is 12.5 Å². The van der Waals surface area contributed by atoms with E-state index >= 15 is 0 Å². The van der Waals surface area contributed by atoms with Crippen molar-refractivity contribution in [1.82, 2.24) is 30.1 Å². The predicted molar refractivity (Wildman–Crippen MR) is 161 cm³/mol. The minimum absolute atomic E-state index is 0.0112. The van der Waals surface area contributed by atoms with E-state index in [9.17, 15) is 10.2 Å². The van der Waals surface area contributed by atoms with E-state index in [4.69, 9.17) is 22.9 Å². The van der Waals surface area contributed by atoms with E-state index in [0.29, 0.717) is 39.2 Å². The molecule has 0 unspecified atom stereocenters. The molecular formula is C28H24N12O2. The number of pyridine rings is 1. The van der Waals surface area contributed by atoms with E-state index in [-0.39, 0.29) is 51.8 Å². The summed E-state index contributed by atoms with van der Waals surface area (Å²) in [6, 6.07) is 14.1. The minimum Gasteiger partial charge on any atom is -0.503 e. The number of nitrogens with two attached hydrogens (primary N) is 4. The molecule has 0 radical (unpaired) electrons. The fourth-order valence-corrected chi connectivity index (χ4v) is 4.41. The van der Waals surface area contributed by atoms with Gasteiger partial charge in [0.15, 0.2) is 23.1 Å². The predicted octanol–water partition coefficient (Wildman–Crippen LogP) is 3.72. The van der Waals surface area contributed by atoms with Gasteiger partial charge in [-0.15, -0.1) is 10.2 Å². The third-order valence-corrected chi connectivity index (χ3v) is 6.60. The number of hydrogen-bond donors (Lipinski definition) is 8. The molecule has 0 saturated carbocycles. The summed E-state index contributed by atoms with van der Waals surface area (Å²) in [6.07, 6.45) is 5.89. The summed E-state index contributed by atoms with van der Waals surface area (Å²) in [5.74, 6) is -0.0532. The van der Waals surface area contributed by atoms with Gasteiger partial charge < -0.3 is 43.8 Å². The number of nitrogens with one attached hydrogen (secondary N) is 2. The Hall–Kier alpha value is -6.44. The van der Waals surface area contributed by atoms with Crippen LogP contribution < -0.4 is 33.6 Å². The van der Waals surface area contributed by atoms with Crippen LogP contribution in [0.2, 0.25) is 0 Å². The Morgan fingerprint density at radius 1 is 0.524 bits per heavy atom. The first kappa shape index (κ1) is 25.8. The Kier molecular flexibility index (Phi) is 6.31. The van der Waals surface area contributed by atoms with Gasteiger partial charge in [0.2, 0.25) is 0 Å². The molecule has 2 aromatic carbocycles. The summed E-state index contributed by atoms with van der Waals surface area (Å²) in [5.41, 5.74) is 28.5. The number of hydrogen-bond acceptors (Lipinski definition) is 14. The average molecular weight is 561 g/mol. The van der Waals surface area contributed by atoms with Crippen LogP contribution in [0.25, 0.3) is 33.5 Å². The van der Waals surface area contributed by atoms with E-state index in [1.807, 2.05) is 6.07 Å². The lowest BCUT2D eigenvalue weighted by Crippen LogP contribution is -2.04. The number of aromatic nitrogens is 6. The molecular weight excluding hydrogens is 536 g/mol. The second kappa shape index (κ2) is 10.3. The molecule has 0 spiro atoms. The molecule has 14 nitrogen and oxygen atoms in total. The minimum atomic E-state index is -0.334. The molecule has 12 N–H and O–H groups in total. The molecule has 0 bridgehead atoms. The van der Waals surface area contributed by atoms with Gasteiger partial charge in [-0.2, -0.15) is 0 Å². The van der Waals surface area contributed by atoms with Crippen molar-refractivity contribution in [2.75, 3.05) is 33.6 Å². The molecule has 0 aliphatic carbocycles. The molecule has 4 heterocycles. The van der Waals surface area contributed by atoms with Crippen LogP contribution >= 0.6 is 0 Å². The lowest BCUT2D eigenvalue weighted by Gasteiger charge is -2.14. The van der Waals surface area contributed by atoms with Crippen LogP contribution in [0, 0.1) is 0 Å². The number of anilines is 8. The van der Waals surface area contributed by atoms with Gasteiger partial charge in [0.05, 0.1) is 5.69 Å². The second-order valence-electron chi connectivity index (χ2n) is 9.17. The van der Waals surface area contributed by atoms with Crippen molar-refractivity contribution in [3.8, 4) is 45.0 Å². The number of benzene rings is 2. The fraction of sp³-hybridized carbons (Fsp3) is 0. The lowest BCUT2D eigenvalue weighted by molar-refractivity contribution is 0.477. The third kappa shape index (κ3) is 4.44. The summed E-state index contributed by atoms with van der Waals surface area (Å²) in [5, 5.41) is 35.9. The molecule has 42 heavy (non-hydrogen) atoms. The van der Waals surface area contributed by atoms with Crippen molar-refractivity contribution in [3.05, 3.63) is 73.4 Å². The van der Waals surface area contributed by atoms with Gasteiger partial charge in [-0.05, 0) is 12.1 Å². The van der Waals surface area contributed by atoms with Crippen molar-refractivity contribution < 1.29 is 10.2 Å². The highest BCUT2D eigenvalue weighted by Gasteiger charge is 2.22. The maximum atomic E-state index is 10.9. The molecule has 6 rings (SSSR count). The van der Waals surface area contributed by atoms with E-state index in [1.54, 1.807) is 54.9 Å². The molecule has 0 saturated heterocycles. The SMILES string of the molecule is Nc1ccccc1-c1cnc(Nc2ncnc(Nc3nnc(-c4ccccc4N)c(N)c3O)c3cncc2-3)c(O)c1N. The zero-order chi connectivity index (χ0) is 29.4. The zero-order valence-corrected chi connectivity index (χ0v) is 21.8. The van der Waals surface area contributed by atoms with E-state index in [2.05, 4.69) is 40.8 Å². The second-order valence-corrected chi connectivity index (χ2v) is 9.17. The first-order valence-corrected chi connectivity index (χ1v) is 12.5. The van der Waals surface area contributed by atoms with Crippen molar-refractivity contribution in [2.24, 2.45) is 0 Å². The highest BCUT2D eigenvalue weighted by Crippen LogP contribution is 2.42. The summed E-state index contributed by atoms with van der Waals surface area (Å²) in [6.45, 7) is 0. The molecule has 2 aromatic heterocycles. The van der Waals surface area contributed by atoms with Gasteiger partial charge in [-0.3, -0.25) is 4.98 Å². The molecule has 2 aliphatic rings. The molecule has 2 aliphatic heterocycles. The molecule has 4 aromatic rings. The molecule has 0 amide bonds. The van der Waals surface area contributed by atoms with Crippen molar-refractivity contribution >= 4 is 46.0 Å². The topological polar surface area (TPSA) is 246 Å². The normalized spacial score (nSPS) is 11.0. The maximum Gasteiger partial charge on any atom is 0.198 e. The highest BCUT2D eigenvalue weighted by molar-refractivity contribution is 5.92. The largest absolute Gasteiger partial charge is 0.503 e. The summed E-state index contributed by atoms with van der Waals surface area (Å²) < 4.78 is 0. The van der Waals surface area contributed by atoms with Crippen LogP contribution in [0.15, 0.2) is 73.4 Å². The Balaban J connectivity index is 1.31. The number of nitrogens with zero attached hydrogens (tertiary/aromatic N) is 6. The third-order valence-electron chi connectivity index (χ3n) is 6.60. The van der Waals surface area contributed by atoms with Gasteiger partial charge in [-0.25, -0.2) is 15.0 Å². The van der Waals surface area contributed by atoms with E-state index in [0.717, 1.165) is 0 Å². The van der Waals surface area contributed by atoms with Gasteiger partial charge in [0, 0.05) is 57.8 Å². The zero-order valence-electron chi connectivity index (χ0n) is 21.8. The standard InChI is InChI=1S/C28H24N12O2/c29-18-7-3-1-5-13(18)15-11-34-27(23(41)20(15)31)37-25-16-9-33-10-17(16)26(36-12-35-25)38-28-24(42)21(32)22(39-40-28)14-6-2-4-8-19(14)30/h1-12,41H,29-30H2,(H,39,42)(H6,31,32,34,35,36,37,38,40). The smallest absolute Gasteiger partial charge is 0.198 e. The summed E-state index contributed by atoms with van der Waals surface area (Å²) >= 11 is 0. The Labute approximate surface area is 238 Å². The summed E-state index contributed by atoms with van der Waals surface area (Å²) in [4.78, 5) is 17.3. The van der Waals surface area contributed by atoms with Gasteiger partial charge in [-0.1, -0.05) is 36.4 Å². The maximum absolute atomic E-state index is 10.9. The number of aromatic hydroxyl groups is 2. The summed E-state index contributed by atoms with van der Waals surface area (Å²) in [7, 11) is 0. The monoisotopic (exact) mass is 560 g/mol. The van der Waals surface area contributed by atoms with Gasteiger partial charge >= 0.3 is 0 Å². The Morgan fingerprint density at radius 2 is 1.10 bits per heavy atom. The Morgan fingerprint density at radius 3 is 1.74 bits per heavy atom. The molecule has 0 fully saturated rings. The molecule has 0 atom stereocenters. The number of fused-ring (bicyclic) bond motifs is 1. The van der Waals surface area contributed by atoms with E-state index < -0.39 is 0 Å². The molecule has 14 heteroatoms. The van der Waals surface area contributed by atoms with Crippen molar-refractivity contribution in [1.29, 1.82) is 0 Å². The lowest BCUT2D eigenvalue weighted by atomic mass is 10.0. The van der Waals surface area contributed by atoms with Crippen LogP contribution in [-0.4, -0.2) is 40.3 Å². The number of rotatable bonds is 6. The molecule has 208 valence electrons. The fourth-order valence-electron chi connectivity index (χ4n) is 4.41. The Bertz CT molecular complexity index is 1800. The number of para-hydroxylation sites is 2. The van der Waals surface area contributed by atoms with Crippen molar-refractivity contribution in [2.45, 2.75) is 0 Å².